The summed E-state index contributed by atoms with van der Waals surface area (Å²) in [6, 6.07) is 0.504. The molecule has 0 radical (unpaired) electrons. The number of hydrogen-bond acceptors (Lipinski definition) is 9. The number of ether oxygens (including phenoxy) is 1. The molecule has 0 amide bonds. The molecular formula is C25H29ClF2N4O6S2. The number of rotatable bonds is 11. The van der Waals surface area contributed by atoms with Gasteiger partial charge in [0.05, 0.1) is 29.1 Å². The van der Waals surface area contributed by atoms with Crippen LogP contribution >= 0.6 is 22.9 Å². The predicted molar refractivity (Wildman–Crippen MR) is 146 cm³/mol. The quantitative estimate of drug-likeness (QED) is 0.280. The van der Waals surface area contributed by atoms with Gasteiger partial charge in [0.2, 0.25) is 10.0 Å². The van der Waals surface area contributed by atoms with E-state index in [2.05, 4.69) is 20.0 Å². The fourth-order valence-electron chi connectivity index (χ4n) is 4.93. The molecule has 0 saturated heterocycles. The third kappa shape index (κ3) is 7.04. The molecule has 1 fully saturated rings. The van der Waals surface area contributed by atoms with Gasteiger partial charge >= 0.3 is 5.97 Å². The van der Waals surface area contributed by atoms with Crippen molar-refractivity contribution in [3.8, 4) is 0 Å². The van der Waals surface area contributed by atoms with E-state index in [1.54, 1.807) is 11.6 Å². The predicted octanol–water partition coefficient (Wildman–Crippen LogP) is 3.38. The number of nitrogens with one attached hydrogen (secondary N) is 2. The molecule has 218 valence electrons. The number of aliphatic carboxylic acids is 1. The number of halogens is 3. The van der Waals surface area contributed by atoms with Gasteiger partial charge in [0, 0.05) is 36.0 Å². The maximum absolute atomic E-state index is 14.4. The maximum Gasteiger partial charge on any atom is 0.335 e. The smallest absolute Gasteiger partial charge is 0.335 e. The van der Waals surface area contributed by atoms with Gasteiger partial charge in [0.15, 0.2) is 22.5 Å². The minimum Gasteiger partial charge on any atom is -0.478 e. The van der Waals surface area contributed by atoms with Crippen molar-refractivity contribution < 1.29 is 36.9 Å². The molecule has 1 aliphatic carbocycles. The van der Waals surface area contributed by atoms with Crippen molar-refractivity contribution in [2.75, 3.05) is 19.5 Å². The second-order valence-corrected chi connectivity index (χ2v) is 12.8. The van der Waals surface area contributed by atoms with Crippen LogP contribution in [0.1, 0.15) is 48.7 Å². The minimum atomic E-state index is -3.65. The Balaban J connectivity index is 1.58. The molecule has 40 heavy (non-hydrogen) atoms. The number of aromatic nitrogens is 1. The SMILES string of the molecule is COC[C@@H](O)CCS(=O)(=O)NC1CCC(C2=C(C(=O)O)C(c3ccc(F)c(F)c3Cl)N=C(c3nccs3)N2)CC1. The van der Waals surface area contributed by atoms with E-state index >= 15 is 0 Å². The van der Waals surface area contributed by atoms with E-state index in [9.17, 15) is 32.2 Å². The molecule has 1 aromatic heterocycles. The van der Waals surface area contributed by atoms with Crippen molar-refractivity contribution in [2.24, 2.45) is 10.9 Å². The minimum absolute atomic E-state index is 0.00290. The van der Waals surface area contributed by atoms with Crippen molar-refractivity contribution in [1.82, 2.24) is 15.0 Å². The second kappa shape index (κ2) is 13.0. The summed E-state index contributed by atoms with van der Waals surface area (Å²) in [6.45, 7) is 0.0394. The fourth-order valence-corrected chi connectivity index (χ4v) is 7.22. The largest absolute Gasteiger partial charge is 0.478 e. The molecule has 2 atom stereocenters. The second-order valence-electron chi connectivity index (χ2n) is 9.62. The zero-order valence-electron chi connectivity index (χ0n) is 21.4. The number of hydrogen-bond donors (Lipinski definition) is 4. The molecule has 2 aliphatic rings. The Morgan fingerprint density at radius 1 is 1.30 bits per heavy atom. The van der Waals surface area contributed by atoms with Crippen LogP contribution in [0.4, 0.5) is 8.78 Å². The highest BCUT2D eigenvalue weighted by Crippen LogP contribution is 2.41. The average Bonchev–Trinajstić information content (AvgIpc) is 3.46. The number of allylic oxidation sites excluding steroid dienone is 1. The van der Waals surface area contributed by atoms with Gasteiger partial charge in [0.25, 0.3) is 0 Å². The molecular weight excluding hydrogens is 590 g/mol. The van der Waals surface area contributed by atoms with Crippen molar-refractivity contribution in [3.05, 3.63) is 62.2 Å². The van der Waals surface area contributed by atoms with Crippen LogP contribution in [0.3, 0.4) is 0 Å². The first-order valence-corrected chi connectivity index (χ1v) is 15.4. The molecule has 1 unspecified atom stereocenters. The van der Waals surface area contributed by atoms with E-state index in [4.69, 9.17) is 16.3 Å². The van der Waals surface area contributed by atoms with Gasteiger partial charge in [-0.25, -0.2) is 31.7 Å². The number of benzene rings is 1. The first-order chi connectivity index (χ1) is 19.0. The number of nitrogens with zero attached hydrogens (tertiary/aromatic N) is 2. The van der Waals surface area contributed by atoms with Crippen LogP contribution in [0.15, 0.2) is 40.0 Å². The molecule has 4 N–H and O–H groups in total. The third-order valence-electron chi connectivity index (χ3n) is 6.86. The lowest BCUT2D eigenvalue weighted by molar-refractivity contribution is -0.133. The van der Waals surface area contributed by atoms with E-state index in [1.165, 1.54) is 24.5 Å². The van der Waals surface area contributed by atoms with E-state index in [-0.39, 0.29) is 47.7 Å². The van der Waals surface area contributed by atoms with Gasteiger partial charge in [-0.3, -0.25) is 4.99 Å². The van der Waals surface area contributed by atoms with Gasteiger partial charge in [-0.1, -0.05) is 17.7 Å². The zero-order valence-corrected chi connectivity index (χ0v) is 23.8. The number of carboxylic acid groups (broad SMARTS) is 1. The number of carboxylic acids is 1. The Morgan fingerprint density at radius 2 is 2.02 bits per heavy atom. The number of aliphatic imine (C=N–C) groups is 1. The molecule has 1 aliphatic heterocycles. The van der Waals surface area contributed by atoms with Crippen LogP contribution in [0, 0.1) is 17.6 Å². The van der Waals surface area contributed by atoms with Crippen LogP contribution in [-0.4, -0.2) is 67.0 Å². The summed E-state index contributed by atoms with van der Waals surface area (Å²) in [7, 11) is -2.23. The van der Waals surface area contributed by atoms with Gasteiger partial charge in [-0.2, -0.15) is 0 Å². The van der Waals surface area contributed by atoms with Crippen molar-refractivity contribution in [2.45, 2.75) is 50.3 Å². The molecule has 1 saturated carbocycles. The van der Waals surface area contributed by atoms with Crippen LogP contribution in [-0.2, 0) is 19.6 Å². The van der Waals surface area contributed by atoms with E-state index in [0.717, 1.165) is 6.07 Å². The first kappa shape index (κ1) is 30.5. The summed E-state index contributed by atoms with van der Waals surface area (Å²) in [5.41, 5.74) is 0.204. The lowest BCUT2D eigenvalue weighted by atomic mass is 9.80. The first-order valence-electron chi connectivity index (χ1n) is 12.5. The van der Waals surface area contributed by atoms with Crippen molar-refractivity contribution in [1.29, 1.82) is 0 Å². The van der Waals surface area contributed by atoms with Crippen LogP contribution in [0.5, 0.6) is 0 Å². The number of methoxy groups -OCH3 is 1. The molecule has 1 aromatic carbocycles. The topological polar surface area (TPSA) is 150 Å². The van der Waals surface area contributed by atoms with Crippen LogP contribution in [0.2, 0.25) is 5.02 Å². The summed E-state index contributed by atoms with van der Waals surface area (Å²) in [5.74, 6) is -4.05. The lowest BCUT2D eigenvalue weighted by Crippen LogP contribution is -2.42. The normalized spacial score (nSPS) is 22.5. The Labute approximate surface area is 239 Å². The molecule has 10 nitrogen and oxygen atoms in total. The van der Waals surface area contributed by atoms with Crippen molar-refractivity contribution >= 4 is 44.8 Å². The standard InChI is InChI=1S/C25H29ClF2N4O6S2/c1-38-12-15(33)8-11-40(36,37)32-14-4-2-13(3-5-14)21-18(25(34)35)22(16-6-7-17(27)20(28)19(16)26)31-23(30-21)24-29-9-10-39-24/h6-7,9-10,13-15,22,32-33H,2-5,8,11-12H2,1H3,(H,30,31)(H,34,35)/t13?,14?,15-,22?/m0/s1. The van der Waals surface area contributed by atoms with Crippen LogP contribution in [0.25, 0.3) is 0 Å². The highest BCUT2D eigenvalue weighted by Gasteiger charge is 2.38. The molecule has 15 heteroatoms. The summed E-state index contributed by atoms with van der Waals surface area (Å²) in [6.07, 6.45) is 2.46. The highest BCUT2D eigenvalue weighted by molar-refractivity contribution is 7.89. The highest BCUT2D eigenvalue weighted by atomic mass is 35.5. The molecule has 4 rings (SSSR count). The van der Waals surface area contributed by atoms with Gasteiger partial charge < -0.3 is 20.3 Å². The summed E-state index contributed by atoms with van der Waals surface area (Å²) < 4.78 is 60.8. The Hall–Kier alpha value is -2.49. The third-order valence-corrected chi connectivity index (χ3v) is 9.49. The van der Waals surface area contributed by atoms with Crippen molar-refractivity contribution in [3.63, 3.8) is 0 Å². The number of thiazole rings is 1. The van der Waals surface area contributed by atoms with E-state index in [0.29, 0.717) is 36.4 Å². The summed E-state index contributed by atoms with van der Waals surface area (Å²) in [5, 5.41) is 24.8. The number of carbonyl (C=O) groups is 1. The summed E-state index contributed by atoms with van der Waals surface area (Å²) >= 11 is 7.40. The lowest BCUT2D eigenvalue weighted by Gasteiger charge is -2.35. The van der Waals surface area contributed by atoms with Crippen LogP contribution < -0.4 is 10.0 Å². The molecule has 0 bridgehead atoms. The van der Waals surface area contributed by atoms with E-state index in [1.807, 2.05) is 0 Å². The maximum atomic E-state index is 14.4. The van der Waals surface area contributed by atoms with Gasteiger partial charge in [0.1, 0.15) is 6.04 Å². The van der Waals surface area contributed by atoms with E-state index < -0.39 is 44.8 Å². The van der Waals surface area contributed by atoms with Gasteiger partial charge in [-0.15, -0.1) is 11.3 Å². The Bertz CT molecular complexity index is 1400. The number of aliphatic hydroxyl groups excluding tert-OH is 1. The molecule has 2 aromatic rings. The number of amidine groups is 1. The monoisotopic (exact) mass is 618 g/mol. The summed E-state index contributed by atoms with van der Waals surface area (Å²) in [4.78, 5) is 21.3. The molecule has 0 spiro atoms. The molecule has 2 heterocycles. The number of sulfonamides is 1. The average molecular weight is 619 g/mol. The zero-order chi connectivity index (χ0) is 29.0. The van der Waals surface area contributed by atoms with Gasteiger partial charge in [-0.05, 0) is 44.1 Å². The fraction of sp³-hybridized carbons (Fsp3) is 0.480. The number of aliphatic hydroxyl groups is 1. The Kier molecular flexibility index (Phi) is 9.90. The Morgan fingerprint density at radius 3 is 2.65 bits per heavy atom.